The lowest BCUT2D eigenvalue weighted by Gasteiger charge is -2.34. The van der Waals surface area contributed by atoms with Crippen LogP contribution in [0, 0.1) is 6.92 Å². The van der Waals surface area contributed by atoms with Crippen LogP contribution in [0.1, 0.15) is 27.9 Å². The number of rotatable bonds is 2. The molecular weight excluding hydrogens is 304 g/mol. The fourth-order valence-corrected chi connectivity index (χ4v) is 3.11. The number of carbonyl (C=O) groups is 1. The minimum absolute atomic E-state index is 0.0401. The normalized spacial score (nSPS) is 18.0. The summed E-state index contributed by atoms with van der Waals surface area (Å²) < 4.78 is 5.58. The number of pyridine rings is 1. The van der Waals surface area contributed by atoms with Gasteiger partial charge in [-0.15, -0.1) is 0 Å². The van der Waals surface area contributed by atoms with Crippen molar-refractivity contribution in [3.63, 3.8) is 0 Å². The zero-order chi connectivity index (χ0) is 16.5. The molecule has 1 fully saturated rings. The number of carbonyl (C=O) groups excluding carboxylic acids is 1. The molecule has 3 aromatic rings. The van der Waals surface area contributed by atoms with E-state index in [9.17, 15) is 4.79 Å². The summed E-state index contributed by atoms with van der Waals surface area (Å²) in [4.78, 5) is 27.0. The molecule has 1 atom stereocenters. The average molecular weight is 322 g/mol. The second kappa shape index (κ2) is 6.05. The molecule has 0 spiro atoms. The third-order valence-corrected chi connectivity index (χ3v) is 4.29. The van der Waals surface area contributed by atoms with Gasteiger partial charge < -0.3 is 14.6 Å². The van der Waals surface area contributed by atoms with Crippen LogP contribution in [-0.2, 0) is 4.74 Å². The Morgan fingerprint density at radius 2 is 2.17 bits per heavy atom. The molecule has 1 unspecified atom stereocenters. The van der Waals surface area contributed by atoms with E-state index in [-0.39, 0.29) is 11.9 Å². The minimum atomic E-state index is -0.209. The highest BCUT2D eigenvalue weighted by Gasteiger charge is 2.32. The van der Waals surface area contributed by atoms with Crippen LogP contribution in [0.3, 0.4) is 0 Å². The first-order valence-corrected chi connectivity index (χ1v) is 7.98. The highest BCUT2D eigenvalue weighted by molar-refractivity contribution is 6.05. The van der Waals surface area contributed by atoms with Crippen molar-refractivity contribution in [1.82, 2.24) is 19.9 Å². The molecule has 0 saturated carbocycles. The highest BCUT2D eigenvalue weighted by atomic mass is 16.5. The second-order valence-electron chi connectivity index (χ2n) is 5.92. The van der Waals surface area contributed by atoms with Crippen molar-refractivity contribution in [3.8, 4) is 0 Å². The number of fused-ring (bicyclic) bond motifs is 1. The van der Waals surface area contributed by atoms with E-state index < -0.39 is 0 Å². The Morgan fingerprint density at radius 3 is 3.00 bits per heavy atom. The average Bonchev–Trinajstić information content (AvgIpc) is 3.07. The van der Waals surface area contributed by atoms with Crippen LogP contribution in [0.15, 0.2) is 42.7 Å². The zero-order valence-electron chi connectivity index (χ0n) is 13.4. The van der Waals surface area contributed by atoms with Crippen LogP contribution in [-0.4, -0.2) is 45.5 Å². The molecule has 2 aromatic heterocycles. The standard InChI is InChI=1S/C18H18N4O2/c1-12-10-20-17(21-12)15-11-24-9-8-22(15)18(23)14-6-2-4-13-5-3-7-19-16(13)14/h2-7,10,15H,8-9,11H2,1H3,(H,20,21). The van der Waals surface area contributed by atoms with Gasteiger partial charge in [0.05, 0.1) is 24.3 Å². The number of hydrogen-bond acceptors (Lipinski definition) is 4. The third kappa shape index (κ3) is 2.55. The number of nitrogens with zero attached hydrogens (tertiary/aromatic N) is 3. The van der Waals surface area contributed by atoms with E-state index in [4.69, 9.17) is 4.74 Å². The Kier molecular flexibility index (Phi) is 3.74. The van der Waals surface area contributed by atoms with Gasteiger partial charge in [-0.1, -0.05) is 18.2 Å². The molecule has 1 amide bonds. The monoisotopic (exact) mass is 322 g/mol. The van der Waals surface area contributed by atoms with Gasteiger partial charge >= 0.3 is 0 Å². The number of aryl methyl sites for hydroxylation is 1. The van der Waals surface area contributed by atoms with Gasteiger partial charge in [-0.3, -0.25) is 9.78 Å². The maximum Gasteiger partial charge on any atom is 0.256 e. The van der Waals surface area contributed by atoms with Crippen molar-refractivity contribution in [3.05, 3.63) is 59.8 Å². The molecule has 6 heteroatoms. The number of morpholine rings is 1. The number of benzene rings is 1. The maximum absolute atomic E-state index is 13.2. The molecule has 24 heavy (non-hydrogen) atoms. The van der Waals surface area contributed by atoms with E-state index in [2.05, 4.69) is 15.0 Å². The molecule has 0 radical (unpaired) electrons. The minimum Gasteiger partial charge on any atom is -0.377 e. The summed E-state index contributed by atoms with van der Waals surface area (Å²) in [6.45, 7) is 3.45. The number of imidazole rings is 1. The van der Waals surface area contributed by atoms with E-state index in [0.29, 0.717) is 25.3 Å². The Morgan fingerprint density at radius 1 is 1.29 bits per heavy atom. The highest BCUT2D eigenvalue weighted by Crippen LogP contribution is 2.26. The van der Waals surface area contributed by atoms with E-state index >= 15 is 0 Å². The van der Waals surface area contributed by atoms with Gasteiger partial charge in [0.1, 0.15) is 11.9 Å². The Bertz CT molecular complexity index is 884. The Labute approximate surface area is 139 Å². The summed E-state index contributed by atoms with van der Waals surface area (Å²) in [6.07, 6.45) is 3.48. The molecule has 1 N–H and O–H groups in total. The van der Waals surface area contributed by atoms with Crippen LogP contribution in [0.25, 0.3) is 10.9 Å². The zero-order valence-corrected chi connectivity index (χ0v) is 13.4. The second-order valence-corrected chi connectivity index (χ2v) is 5.92. The van der Waals surface area contributed by atoms with Crippen LogP contribution >= 0.6 is 0 Å². The number of H-pyrrole nitrogens is 1. The van der Waals surface area contributed by atoms with E-state index in [1.165, 1.54) is 0 Å². The number of nitrogens with one attached hydrogen (secondary N) is 1. The number of hydrogen-bond donors (Lipinski definition) is 1. The molecule has 1 aliphatic heterocycles. The predicted molar refractivity (Wildman–Crippen MR) is 89.7 cm³/mol. The number of aromatic nitrogens is 3. The molecule has 122 valence electrons. The van der Waals surface area contributed by atoms with E-state index in [1.54, 1.807) is 12.4 Å². The van der Waals surface area contributed by atoms with Gasteiger partial charge in [0.15, 0.2) is 0 Å². The number of para-hydroxylation sites is 1. The van der Waals surface area contributed by atoms with Crippen molar-refractivity contribution in [1.29, 1.82) is 0 Å². The fraction of sp³-hybridized carbons (Fsp3) is 0.278. The first-order chi connectivity index (χ1) is 11.7. The van der Waals surface area contributed by atoms with E-state index in [1.807, 2.05) is 42.2 Å². The predicted octanol–water partition coefficient (Wildman–Crippen LogP) is 2.48. The Hall–Kier alpha value is -2.73. The number of ether oxygens (including phenoxy) is 1. The van der Waals surface area contributed by atoms with Gasteiger partial charge in [-0.05, 0) is 19.1 Å². The van der Waals surface area contributed by atoms with Crippen molar-refractivity contribution in [2.45, 2.75) is 13.0 Å². The van der Waals surface area contributed by atoms with Gasteiger partial charge in [-0.2, -0.15) is 0 Å². The van der Waals surface area contributed by atoms with E-state index in [0.717, 1.165) is 22.4 Å². The Balaban J connectivity index is 1.73. The van der Waals surface area contributed by atoms with Gasteiger partial charge in [0.25, 0.3) is 5.91 Å². The van der Waals surface area contributed by atoms with Crippen molar-refractivity contribution in [2.75, 3.05) is 19.8 Å². The molecule has 0 bridgehead atoms. The first-order valence-electron chi connectivity index (χ1n) is 7.98. The summed E-state index contributed by atoms with van der Waals surface area (Å²) in [7, 11) is 0. The largest absolute Gasteiger partial charge is 0.377 e. The lowest BCUT2D eigenvalue weighted by molar-refractivity contribution is -0.00491. The lowest BCUT2D eigenvalue weighted by Crippen LogP contribution is -2.44. The summed E-state index contributed by atoms with van der Waals surface area (Å²) in [5.74, 6) is 0.718. The maximum atomic E-state index is 13.2. The van der Waals surface area contributed by atoms with Gasteiger partial charge in [0, 0.05) is 30.0 Å². The quantitative estimate of drug-likeness (QED) is 0.787. The molecule has 4 rings (SSSR count). The molecule has 1 saturated heterocycles. The summed E-state index contributed by atoms with van der Waals surface area (Å²) in [5.41, 5.74) is 2.31. The van der Waals surface area contributed by atoms with Crippen LogP contribution in [0.5, 0.6) is 0 Å². The first kappa shape index (κ1) is 14.8. The molecule has 6 nitrogen and oxygen atoms in total. The summed E-state index contributed by atoms with van der Waals surface area (Å²) in [5, 5.41) is 0.960. The van der Waals surface area contributed by atoms with Crippen LogP contribution < -0.4 is 0 Å². The topological polar surface area (TPSA) is 71.1 Å². The van der Waals surface area contributed by atoms with Crippen LogP contribution in [0.4, 0.5) is 0 Å². The SMILES string of the molecule is Cc1cnc(C2COCCN2C(=O)c2cccc3cccnc23)[nH]1. The smallest absolute Gasteiger partial charge is 0.256 e. The molecular formula is C18H18N4O2. The van der Waals surface area contributed by atoms with Gasteiger partial charge in [0.2, 0.25) is 0 Å². The van der Waals surface area contributed by atoms with Crippen molar-refractivity contribution in [2.24, 2.45) is 0 Å². The van der Waals surface area contributed by atoms with Gasteiger partial charge in [-0.25, -0.2) is 4.98 Å². The molecule has 1 aliphatic rings. The summed E-state index contributed by atoms with van der Waals surface area (Å²) in [6, 6.07) is 9.32. The molecule has 1 aromatic carbocycles. The number of aromatic amines is 1. The van der Waals surface area contributed by atoms with Crippen LogP contribution in [0.2, 0.25) is 0 Å². The van der Waals surface area contributed by atoms with Crippen molar-refractivity contribution >= 4 is 16.8 Å². The molecule has 3 heterocycles. The third-order valence-electron chi connectivity index (χ3n) is 4.29. The molecule has 0 aliphatic carbocycles. The number of amides is 1. The summed E-state index contributed by atoms with van der Waals surface area (Å²) >= 11 is 0. The fourth-order valence-electron chi connectivity index (χ4n) is 3.11. The van der Waals surface area contributed by atoms with Crippen molar-refractivity contribution < 1.29 is 9.53 Å². The lowest BCUT2D eigenvalue weighted by atomic mass is 10.1.